The highest BCUT2D eigenvalue weighted by Gasteiger charge is 2.32. The standard InChI is InChI=1S/C33H49P/c1-23(2)27-21-31(24(3)4)33(32(22-27)25(5)6)26-14-13-19-30(20-26)34(28-15-9-7-10-16-28)29-17-11-8-12-18-29/h13-14,19-25,28-29H,7-12,15-18H2,1-6H3. The van der Waals surface area contributed by atoms with Gasteiger partial charge in [0.25, 0.3) is 0 Å². The molecule has 0 unspecified atom stereocenters. The van der Waals surface area contributed by atoms with Crippen LogP contribution in [0.15, 0.2) is 36.4 Å². The summed E-state index contributed by atoms with van der Waals surface area (Å²) < 4.78 is 0. The fourth-order valence-electron chi connectivity index (χ4n) is 6.55. The highest BCUT2D eigenvalue weighted by Crippen LogP contribution is 2.55. The minimum Gasteiger partial charge on any atom is -0.0689 e. The zero-order valence-electron chi connectivity index (χ0n) is 22.9. The van der Waals surface area contributed by atoms with Crippen molar-refractivity contribution in [3.63, 3.8) is 0 Å². The summed E-state index contributed by atoms with van der Waals surface area (Å²) in [7, 11) is -0.0651. The maximum atomic E-state index is 2.66. The van der Waals surface area contributed by atoms with Gasteiger partial charge in [-0.3, -0.25) is 0 Å². The SMILES string of the molecule is CC(C)c1cc(C(C)C)c(-c2cccc(P(C3CCCCC3)C3CCCCC3)c2)c(C(C)C)c1. The van der Waals surface area contributed by atoms with E-state index >= 15 is 0 Å². The topological polar surface area (TPSA) is 0 Å². The van der Waals surface area contributed by atoms with Gasteiger partial charge in [0.1, 0.15) is 0 Å². The van der Waals surface area contributed by atoms with Gasteiger partial charge in [-0.2, -0.15) is 0 Å². The van der Waals surface area contributed by atoms with E-state index < -0.39 is 0 Å². The third-order valence-corrected chi connectivity index (χ3v) is 12.0. The molecule has 0 bridgehead atoms. The smallest absolute Gasteiger partial charge is 0.0114 e. The Bertz CT molecular complexity index is 878. The van der Waals surface area contributed by atoms with Gasteiger partial charge in [0.05, 0.1) is 0 Å². The third-order valence-electron chi connectivity index (χ3n) is 8.50. The van der Waals surface area contributed by atoms with Crippen LogP contribution >= 0.6 is 7.92 Å². The Labute approximate surface area is 212 Å². The molecule has 0 atom stereocenters. The quantitative estimate of drug-likeness (QED) is 0.349. The van der Waals surface area contributed by atoms with Crippen molar-refractivity contribution in [2.24, 2.45) is 0 Å². The van der Waals surface area contributed by atoms with Gasteiger partial charge in [0, 0.05) is 0 Å². The van der Waals surface area contributed by atoms with Crippen LogP contribution in [0.25, 0.3) is 11.1 Å². The maximum Gasteiger partial charge on any atom is -0.0114 e. The summed E-state index contributed by atoms with van der Waals surface area (Å²) in [4.78, 5) is 0. The second-order valence-corrected chi connectivity index (χ2v) is 14.9. The first-order valence-electron chi connectivity index (χ1n) is 14.4. The lowest BCUT2D eigenvalue weighted by atomic mass is 9.82. The highest BCUT2D eigenvalue weighted by atomic mass is 31.1. The average Bonchev–Trinajstić information content (AvgIpc) is 2.84. The third kappa shape index (κ3) is 5.81. The molecule has 0 heterocycles. The number of benzene rings is 2. The summed E-state index contributed by atoms with van der Waals surface area (Å²) in [5.41, 5.74) is 9.54. The summed E-state index contributed by atoms with van der Waals surface area (Å²) in [5, 5.41) is 1.71. The van der Waals surface area contributed by atoms with Gasteiger partial charge in [0.2, 0.25) is 0 Å². The molecule has 0 spiro atoms. The lowest BCUT2D eigenvalue weighted by Crippen LogP contribution is -2.26. The average molecular weight is 477 g/mol. The van der Waals surface area contributed by atoms with E-state index in [4.69, 9.17) is 0 Å². The van der Waals surface area contributed by atoms with E-state index in [1.54, 1.807) is 22.0 Å². The van der Waals surface area contributed by atoms with E-state index in [9.17, 15) is 0 Å². The van der Waals surface area contributed by atoms with E-state index in [1.165, 1.54) is 75.3 Å². The van der Waals surface area contributed by atoms with Gasteiger partial charge in [-0.05, 0) is 93.9 Å². The summed E-state index contributed by atoms with van der Waals surface area (Å²) >= 11 is 0. The molecule has 2 aromatic carbocycles. The monoisotopic (exact) mass is 476 g/mol. The van der Waals surface area contributed by atoms with Crippen LogP contribution < -0.4 is 5.30 Å². The molecular formula is C33H49P. The molecule has 0 aromatic heterocycles. The molecule has 2 aliphatic carbocycles. The van der Waals surface area contributed by atoms with Crippen LogP contribution in [0.4, 0.5) is 0 Å². The van der Waals surface area contributed by atoms with Gasteiger partial charge >= 0.3 is 0 Å². The van der Waals surface area contributed by atoms with Crippen LogP contribution in [0.3, 0.4) is 0 Å². The molecule has 0 amide bonds. The Balaban J connectivity index is 1.82. The lowest BCUT2D eigenvalue weighted by Gasteiger charge is -2.39. The molecule has 0 N–H and O–H groups in total. The molecule has 0 nitrogen and oxygen atoms in total. The van der Waals surface area contributed by atoms with Gasteiger partial charge in [0.15, 0.2) is 0 Å². The van der Waals surface area contributed by atoms with Gasteiger partial charge in [-0.1, -0.05) is 118 Å². The Morgan fingerprint density at radius 2 is 1.12 bits per heavy atom. The van der Waals surface area contributed by atoms with E-state index in [-0.39, 0.29) is 7.92 Å². The first kappa shape index (κ1) is 25.9. The number of hydrogen-bond acceptors (Lipinski definition) is 0. The second-order valence-electron chi connectivity index (χ2n) is 12.1. The zero-order chi connectivity index (χ0) is 24.2. The fourth-order valence-corrected chi connectivity index (χ4v) is 10.4. The Hall–Kier alpha value is -1.13. The molecule has 1 heteroatoms. The van der Waals surface area contributed by atoms with Crippen LogP contribution in [0, 0.1) is 0 Å². The summed E-state index contributed by atoms with van der Waals surface area (Å²) in [5.74, 6) is 1.64. The normalized spacial score (nSPS) is 18.5. The minimum absolute atomic E-state index is 0.0651. The summed E-state index contributed by atoms with van der Waals surface area (Å²) in [6.45, 7) is 14.2. The van der Waals surface area contributed by atoms with Crippen molar-refractivity contribution >= 4 is 13.2 Å². The molecule has 0 radical (unpaired) electrons. The van der Waals surface area contributed by atoms with E-state index in [2.05, 4.69) is 77.9 Å². The maximum absolute atomic E-state index is 2.66. The van der Waals surface area contributed by atoms with Gasteiger partial charge in [-0.15, -0.1) is 0 Å². The van der Waals surface area contributed by atoms with E-state index in [1.807, 2.05) is 0 Å². The molecule has 0 aliphatic heterocycles. The Morgan fingerprint density at radius 1 is 0.618 bits per heavy atom. The summed E-state index contributed by atoms with van der Waals surface area (Å²) in [6, 6.07) is 15.0. The van der Waals surface area contributed by atoms with Crippen LogP contribution in [0.5, 0.6) is 0 Å². The minimum atomic E-state index is -0.0651. The van der Waals surface area contributed by atoms with Crippen LogP contribution in [0.1, 0.15) is 140 Å². The van der Waals surface area contributed by atoms with Crippen LogP contribution in [-0.2, 0) is 0 Å². The lowest BCUT2D eigenvalue weighted by molar-refractivity contribution is 0.487. The first-order valence-corrected chi connectivity index (χ1v) is 15.9. The van der Waals surface area contributed by atoms with Crippen LogP contribution in [-0.4, -0.2) is 11.3 Å². The number of rotatable bonds is 7. The van der Waals surface area contributed by atoms with Crippen LogP contribution in [0.2, 0.25) is 0 Å². The largest absolute Gasteiger partial charge is 0.0689 e. The van der Waals surface area contributed by atoms with Gasteiger partial charge in [-0.25, -0.2) is 0 Å². The molecule has 0 saturated heterocycles. The molecule has 186 valence electrons. The predicted molar refractivity (Wildman–Crippen MR) is 154 cm³/mol. The first-order chi connectivity index (χ1) is 16.4. The Kier molecular flexibility index (Phi) is 8.96. The molecule has 4 rings (SSSR count). The molecule has 2 aromatic rings. The molecule has 2 fully saturated rings. The highest BCUT2D eigenvalue weighted by molar-refractivity contribution is 7.67. The van der Waals surface area contributed by atoms with Crippen molar-refractivity contribution in [1.82, 2.24) is 0 Å². The van der Waals surface area contributed by atoms with Crippen molar-refractivity contribution in [2.75, 3.05) is 0 Å². The Morgan fingerprint density at radius 3 is 1.56 bits per heavy atom. The fraction of sp³-hybridized carbons (Fsp3) is 0.636. The predicted octanol–water partition coefficient (Wildman–Crippen LogP) is 10.5. The molecule has 2 aliphatic rings. The molecule has 34 heavy (non-hydrogen) atoms. The van der Waals surface area contributed by atoms with Crippen molar-refractivity contribution in [2.45, 2.75) is 135 Å². The zero-order valence-corrected chi connectivity index (χ0v) is 23.8. The number of hydrogen-bond donors (Lipinski definition) is 0. The summed E-state index contributed by atoms with van der Waals surface area (Å²) in [6.07, 6.45) is 14.7. The van der Waals surface area contributed by atoms with Crippen molar-refractivity contribution < 1.29 is 0 Å². The second kappa shape index (κ2) is 11.7. The van der Waals surface area contributed by atoms with E-state index in [0.717, 1.165) is 11.3 Å². The molecular weight excluding hydrogens is 427 g/mol. The van der Waals surface area contributed by atoms with Crippen molar-refractivity contribution in [1.29, 1.82) is 0 Å². The van der Waals surface area contributed by atoms with Gasteiger partial charge < -0.3 is 0 Å². The van der Waals surface area contributed by atoms with E-state index in [0.29, 0.717) is 17.8 Å². The van der Waals surface area contributed by atoms with Crippen molar-refractivity contribution in [3.05, 3.63) is 53.1 Å². The van der Waals surface area contributed by atoms with Crippen molar-refractivity contribution in [3.8, 4) is 11.1 Å². The molecule has 2 saturated carbocycles.